The Kier molecular flexibility index (Phi) is 5.86. The van der Waals surface area contributed by atoms with Crippen LogP contribution in [-0.2, 0) is 16.1 Å². The molecule has 1 heterocycles. The van der Waals surface area contributed by atoms with Crippen LogP contribution in [-0.4, -0.2) is 53.3 Å². The highest BCUT2D eigenvalue weighted by Crippen LogP contribution is 2.33. The molecule has 2 aliphatic rings. The standard InChI is InChI=1S/C19H20Cl2N2O4/c1-22-8-3-9-23(19(22)27)10-12-13(20)7-6-11(17(12)21)18(26)16-14(24)4-2-5-15(16)25/h6-7,16H,2-5,8-10H2,1H3. The van der Waals surface area contributed by atoms with Crippen LogP contribution >= 0.6 is 23.2 Å². The highest BCUT2D eigenvalue weighted by Gasteiger charge is 2.37. The fraction of sp³-hybridized carbons (Fsp3) is 0.474. The molecule has 1 saturated carbocycles. The van der Waals surface area contributed by atoms with E-state index in [9.17, 15) is 19.2 Å². The molecule has 8 heteroatoms. The molecule has 0 atom stereocenters. The average Bonchev–Trinajstić information content (AvgIpc) is 2.61. The smallest absolute Gasteiger partial charge is 0.320 e. The lowest BCUT2D eigenvalue weighted by molar-refractivity contribution is -0.133. The Morgan fingerprint density at radius 3 is 2.41 bits per heavy atom. The quantitative estimate of drug-likeness (QED) is 0.563. The zero-order valence-electron chi connectivity index (χ0n) is 15.0. The van der Waals surface area contributed by atoms with Crippen LogP contribution in [0, 0.1) is 5.92 Å². The molecule has 144 valence electrons. The number of Topliss-reactive ketones (excluding diaryl/α,β-unsaturated/α-hetero) is 3. The fourth-order valence-electron chi connectivity index (χ4n) is 3.55. The number of benzene rings is 1. The highest BCUT2D eigenvalue weighted by molar-refractivity contribution is 6.39. The number of halogens is 2. The Morgan fingerprint density at radius 2 is 1.74 bits per heavy atom. The van der Waals surface area contributed by atoms with E-state index in [-0.39, 0.29) is 47.6 Å². The van der Waals surface area contributed by atoms with Crippen LogP contribution in [0.1, 0.15) is 41.6 Å². The summed E-state index contributed by atoms with van der Waals surface area (Å²) in [5.41, 5.74) is 0.547. The van der Waals surface area contributed by atoms with E-state index in [0.717, 1.165) is 6.42 Å². The van der Waals surface area contributed by atoms with Gasteiger partial charge in [-0.25, -0.2) is 4.79 Å². The minimum atomic E-state index is -1.28. The lowest BCUT2D eigenvalue weighted by Gasteiger charge is -2.33. The van der Waals surface area contributed by atoms with Gasteiger partial charge in [-0.3, -0.25) is 14.4 Å². The third kappa shape index (κ3) is 3.87. The second kappa shape index (κ2) is 7.98. The van der Waals surface area contributed by atoms with E-state index in [0.29, 0.717) is 30.1 Å². The normalized spacial score (nSPS) is 19.0. The van der Waals surface area contributed by atoms with Crippen LogP contribution in [0.2, 0.25) is 10.0 Å². The van der Waals surface area contributed by atoms with E-state index >= 15 is 0 Å². The van der Waals surface area contributed by atoms with Crippen molar-refractivity contribution in [1.82, 2.24) is 9.80 Å². The van der Waals surface area contributed by atoms with Gasteiger partial charge in [-0.15, -0.1) is 0 Å². The van der Waals surface area contributed by atoms with Gasteiger partial charge in [-0.1, -0.05) is 23.2 Å². The van der Waals surface area contributed by atoms with Crippen molar-refractivity contribution in [2.24, 2.45) is 5.92 Å². The molecule has 0 aromatic heterocycles. The van der Waals surface area contributed by atoms with Crippen molar-refractivity contribution in [1.29, 1.82) is 0 Å². The Hall–Kier alpha value is -1.92. The number of amides is 2. The number of carbonyl (C=O) groups is 4. The number of ketones is 3. The van der Waals surface area contributed by atoms with Crippen LogP contribution in [0.25, 0.3) is 0 Å². The van der Waals surface area contributed by atoms with E-state index in [1.54, 1.807) is 16.8 Å². The molecule has 0 bridgehead atoms. The number of nitrogens with zero attached hydrogens (tertiary/aromatic N) is 2. The summed E-state index contributed by atoms with van der Waals surface area (Å²) in [6.45, 7) is 1.41. The summed E-state index contributed by atoms with van der Waals surface area (Å²) in [6, 6.07) is 2.82. The molecule has 0 N–H and O–H groups in total. The molecule has 27 heavy (non-hydrogen) atoms. The molecule has 6 nitrogen and oxygen atoms in total. The molecule has 0 spiro atoms. The van der Waals surface area contributed by atoms with E-state index < -0.39 is 11.7 Å². The van der Waals surface area contributed by atoms with Gasteiger partial charge in [0.25, 0.3) is 0 Å². The van der Waals surface area contributed by atoms with Crippen molar-refractivity contribution in [2.45, 2.75) is 32.2 Å². The SMILES string of the molecule is CN1CCCN(Cc2c(Cl)ccc(C(=O)C3C(=O)CCCC3=O)c2Cl)C1=O. The molecule has 1 aliphatic heterocycles. The first-order chi connectivity index (χ1) is 12.8. The van der Waals surface area contributed by atoms with E-state index in [1.807, 2.05) is 0 Å². The Labute approximate surface area is 167 Å². The summed E-state index contributed by atoms with van der Waals surface area (Å²) >= 11 is 12.7. The molecular weight excluding hydrogens is 391 g/mol. The largest absolute Gasteiger partial charge is 0.328 e. The lowest BCUT2D eigenvalue weighted by atomic mass is 9.81. The van der Waals surface area contributed by atoms with Crippen molar-refractivity contribution in [3.05, 3.63) is 33.3 Å². The number of hydrogen-bond acceptors (Lipinski definition) is 4. The van der Waals surface area contributed by atoms with Crippen molar-refractivity contribution >= 4 is 46.6 Å². The van der Waals surface area contributed by atoms with Crippen molar-refractivity contribution in [3.8, 4) is 0 Å². The minimum Gasteiger partial charge on any atom is -0.328 e. The Morgan fingerprint density at radius 1 is 1.07 bits per heavy atom. The van der Waals surface area contributed by atoms with Gasteiger partial charge in [0.05, 0.1) is 11.6 Å². The molecule has 1 aromatic carbocycles. The lowest BCUT2D eigenvalue weighted by Crippen LogP contribution is -2.46. The van der Waals surface area contributed by atoms with Gasteiger partial charge in [0.2, 0.25) is 0 Å². The molecular formula is C19H20Cl2N2O4. The van der Waals surface area contributed by atoms with E-state index in [2.05, 4.69) is 0 Å². The zero-order chi connectivity index (χ0) is 19.7. The monoisotopic (exact) mass is 410 g/mol. The molecule has 1 saturated heterocycles. The molecule has 2 amide bonds. The van der Waals surface area contributed by atoms with Crippen LogP contribution in [0.15, 0.2) is 12.1 Å². The molecule has 0 unspecified atom stereocenters. The maximum Gasteiger partial charge on any atom is 0.320 e. The predicted molar refractivity (Wildman–Crippen MR) is 101 cm³/mol. The van der Waals surface area contributed by atoms with Crippen molar-refractivity contribution < 1.29 is 19.2 Å². The second-order valence-corrected chi connectivity index (χ2v) is 7.74. The Bertz CT molecular complexity index is 808. The minimum absolute atomic E-state index is 0.0969. The molecule has 2 fully saturated rings. The van der Waals surface area contributed by atoms with Crippen LogP contribution in [0.5, 0.6) is 0 Å². The van der Waals surface area contributed by atoms with Gasteiger partial charge in [0.15, 0.2) is 17.3 Å². The van der Waals surface area contributed by atoms with Gasteiger partial charge in [0.1, 0.15) is 5.92 Å². The molecule has 0 radical (unpaired) electrons. The fourth-order valence-corrected chi connectivity index (χ4v) is 4.14. The third-order valence-corrected chi connectivity index (χ3v) is 5.86. The van der Waals surface area contributed by atoms with Crippen LogP contribution < -0.4 is 0 Å². The number of urea groups is 1. The Balaban J connectivity index is 1.91. The van der Waals surface area contributed by atoms with Gasteiger partial charge >= 0.3 is 6.03 Å². The van der Waals surface area contributed by atoms with Crippen LogP contribution in [0.3, 0.4) is 0 Å². The summed E-state index contributed by atoms with van der Waals surface area (Å²) in [5, 5.41) is 0.429. The molecule has 1 aromatic rings. The van der Waals surface area contributed by atoms with Gasteiger partial charge in [0, 0.05) is 49.1 Å². The average molecular weight is 411 g/mol. The second-order valence-electron chi connectivity index (χ2n) is 6.95. The summed E-state index contributed by atoms with van der Waals surface area (Å²) < 4.78 is 0. The van der Waals surface area contributed by atoms with E-state index in [1.165, 1.54) is 12.1 Å². The summed E-state index contributed by atoms with van der Waals surface area (Å²) in [4.78, 5) is 52.6. The maximum absolute atomic E-state index is 12.9. The summed E-state index contributed by atoms with van der Waals surface area (Å²) in [5.74, 6) is -2.60. The highest BCUT2D eigenvalue weighted by atomic mass is 35.5. The number of carbonyl (C=O) groups excluding carboxylic acids is 4. The first kappa shape index (κ1) is 19.8. The van der Waals surface area contributed by atoms with Gasteiger partial charge in [-0.05, 0) is 25.0 Å². The summed E-state index contributed by atoms with van der Waals surface area (Å²) in [7, 11) is 1.72. The van der Waals surface area contributed by atoms with Crippen molar-refractivity contribution in [2.75, 3.05) is 20.1 Å². The number of rotatable bonds is 4. The summed E-state index contributed by atoms with van der Waals surface area (Å²) in [6.07, 6.45) is 1.73. The van der Waals surface area contributed by atoms with Crippen LogP contribution in [0.4, 0.5) is 4.79 Å². The number of hydrogen-bond donors (Lipinski definition) is 0. The van der Waals surface area contributed by atoms with Gasteiger partial charge < -0.3 is 9.80 Å². The predicted octanol–water partition coefficient (Wildman–Crippen LogP) is 3.37. The molecule has 3 rings (SSSR count). The molecule has 1 aliphatic carbocycles. The third-order valence-electron chi connectivity index (χ3n) is 5.07. The zero-order valence-corrected chi connectivity index (χ0v) is 16.5. The van der Waals surface area contributed by atoms with Gasteiger partial charge in [-0.2, -0.15) is 0 Å². The first-order valence-electron chi connectivity index (χ1n) is 8.87. The van der Waals surface area contributed by atoms with E-state index in [4.69, 9.17) is 23.2 Å². The topological polar surface area (TPSA) is 74.8 Å². The first-order valence-corrected chi connectivity index (χ1v) is 9.63. The van der Waals surface area contributed by atoms with Crippen molar-refractivity contribution in [3.63, 3.8) is 0 Å². The maximum atomic E-state index is 12.9.